The van der Waals surface area contributed by atoms with Gasteiger partial charge in [-0.25, -0.2) is 0 Å². The zero-order valence-electron chi connectivity index (χ0n) is 48.8. The van der Waals surface area contributed by atoms with Crippen molar-refractivity contribution in [2.24, 2.45) is 0 Å². The Kier molecular flexibility index (Phi) is 58.9. The van der Waals surface area contributed by atoms with Gasteiger partial charge >= 0.3 is 17.9 Å². The normalized spacial score (nSPS) is 12.9. The summed E-state index contributed by atoms with van der Waals surface area (Å²) in [5.74, 6) is -1.06. The van der Waals surface area contributed by atoms with Crippen molar-refractivity contribution in [2.45, 2.75) is 284 Å². The van der Waals surface area contributed by atoms with Crippen molar-refractivity contribution in [3.63, 3.8) is 0 Å². The lowest BCUT2D eigenvalue weighted by atomic mass is 10.0. The molecule has 0 aliphatic heterocycles. The lowest BCUT2D eigenvalue weighted by molar-refractivity contribution is -0.166. The van der Waals surface area contributed by atoms with Crippen LogP contribution < -0.4 is 0 Å². The summed E-state index contributed by atoms with van der Waals surface area (Å²) in [4.78, 5) is 38.2. The first-order valence-corrected chi connectivity index (χ1v) is 31.0. The molecule has 0 spiro atoms. The molecule has 426 valence electrons. The van der Waals surface area contributed by atoms with Crippen molar-refractivity contribution in [1.29, 1.82) is 0 Å². The smallest absolute Gasteiger partial charge is 0.309 e. The van der Waals surface area contributed by atoms with Crippen molar-refractivity contribution in [2.75, 3.05) is 13.2 Å². The SMILES string of the molecule is CC/C=C\C/C=C\C/C=C\C/C=C\C/C=C\CC(=O)OCC(COC(=O)CCCCCCCCCCCCCCC/C=C\C/C=C\CCCCCCC)OC(=O)CCCCCCCCC/C=C\C/C=C\C/C=C\CC. The molecule has 0 N–H and O–H groups in total. The number of rotatable bonds is 55. The van der Waals surface area contributed by atoms with E-state index in [1.807, 2.05) is 6.08 Å². The maximum Gasteiger partial charge on any atom is 0.309 e. The van der Waals surface area contributed by atoms with E-state index < -0.39 is 12.1 Å². The first kappa shape index (κ1) is 70.8. The van der Waals surface area contributed by atoms with E-state index in [4.69, 9.17) is 14.2 Å². The second-order valence-corrected chi connectivity index (χ2v) is 20.2. The Hall–Kier alpha value is -4.19. The summed E-state index contributed by atoms with van der Waals surface area (Å²) in [6.07, 6.45) is 86.6. The first-order valence-electron chi connectivity index (χ1n) is 31.0. The zero-order chi connectivity index (χ0) is 54.3. The van der Waals surface area contributed by atoms with Gasteiger partial charge in [-0.3, -0.25) is 14.4 Å². The first-order chi connectivity index (χ1) is 37.0. The van der Waals surface area contributed by atoms with E-state index >= 15 is 0 Å². The van der Waals surface area contributed by atoms with Crippen molar-refractivity contribution < 1.29 is 28.6 Å². The highest BCUT2D eigenvalue weighted by Crippen LogP contribution is 2.15. The Morgan fingerprint density at radius 2 is 0.573 bits per heavy atom. The fraction of sp³-hybridized carbons (Fsp3) is 0.667. The van der Waals surface area contributed by atoms with Crippen LogP contribution in [-0.4, -0.2) is 37.2 Å². The average Bonchev–Trinajstić information content (AvgIpc) is 3.41. The Bertz CT molecular complexity index is 1570. The minimum absolute atomic E-state index is 0.114. The molecule has 0 aliphatic rings. The molecule has 6 nitrogen and oxygen atoms in total. The number of ether oxygens (including phenoxy) is 3. The quantitative estimate of drug-likeness (QED) is 0.0261. The monoisotopic (exact) mass is 1040 g/mol. The summed E-state index contributed by atoms with van der Waals surface area (Å²) in [5.41, 5.74) is 0. The van der Waals surface area contributed by atoms with Gasteiger partial charge < -0.3 is 14.2 Å². The summed E-state index contributed by atoms with van der Waals surface area (Å²) in [5, 5.41) is 0. The van der Waals surface area contributed by atoms with Crippen LogP contribution in [0, 0.1) is 0 Å². The maximum atomic E-state index is 12.9. The fourth-order valence-electron chi connectivity index (χ4n) is 8.38. The van der Waals surface area contributed by atoms with Crippen LogP contribution in [0.2, 0.25) is 0 Å². The van der Waals surface area contributed by atoms with Crippen LogP contribution >= 0.6 is 0 Å². The van der Waals surface area contributed by atoms with Gasteiger partial charge in [0, 0.05) is 12.8 Å². The molecule has 1 unspecified atom stereocenters. The van der Waals surface area contributed by atoms with Crippen molar-refractivity contribution in [3.8, 4) is 0 Å². The Morgan fingerprint density at radius 1 is 0.293 bits per heavy atom. The largest absolute Gasteiger partial charge is 0.462 e. The van der Waals surface area contributed by atoms with E-state index in [1.165, 1.54) is 128 Å². The second-order valence-electron chi connectivity index (χ2n) is 20.2. The zero-order valence-corrected chi connectivity index (χ0v) is 48.8. The topological polar surface area (TPSA) is 78.9 Å². The van der Waals surface area contributed by atoms with Gasteiger partial charge in [-0.15, -0.1) is 0 Å². The molecule has 75 heavy (non-hydrogen) atoms. The van der Waals surface area contributed by atoms with Crippen LogP contribution in [-0.2, 0) is 28.6 Å². The van der Waals surface area contributed by atoms with Gasteiger partial charge in [0.1, 0.15) is 13.2 Å². The molecule has 0 fully saturated rings. The van der Waals surface area contributed by atoms with Crippen molar-refractivity contribution >= 4 is 17.9 Å². The molecule has 0 heterocycles. The number of hydrogen-bond acceptors (Lipinski definition) is 6. The number of carbonyl (C=O) groups excluding carboxylic acids is 3. The highest BCUT2D eigenvalue weighted by atomic mass is 16.6. The minimum atomic E-state index is -0.827. The number of allylic oxidation sites excluding steroid dienone is 19. The van der Waals surface area contributed by atoms with Crippen LogP contribution in [0.3, 0.4) is 0 Å². The van der Waals surface area contributed by atoms with Gasteiger partial charge in [0.25, 0.3) is 0 Å². The lowest BCUT2D eigenvalue weighted by Crippen LogP contribution is -2.30. The van der Waals surface area contributed by atoms with Gasteiger partial charge in [-0.2, -0.15) is 0 Å². The van der Waals surface area contributed by atoms with E-state index in [1.54, 1.807) is 6.08 Å². The van der Waals surface area contributed by atoms with E-state index in [0.717, 1.165) is 109 Å². The molecular formula is C69H114O6. The summed E-state index contributed by atoms with van der Waals surface area (Å²) in [6.45, 7) is 6.32. The third-order valence-corrected chi connectivity index (χ3v) is 13.0. The molecular weight excluding hydrogens is 925 g/mol. The molecule has 0 rings (SSSR count). The summed E-state index contributed by atoms with van der Waals surface area (Å²) < 4.78 is 16.8. The van der Waals surface area contributed by atoms with E-state index in [0.29, 0.717) is 12.8 Å². The van der Waals surface area contributed by atoms with Gasteiger partial charge in [-0.1, -0.05) is 271 Å². The van der Waals surface area contributed by atoms with E-state index in [9.17, 15) is 14.4 Å². The third-order valence-electron chi connectivity index (χ3n) is 13.0. The second kappa shape index (κ2) is 62.4. The van der Waals surface area contributed by atoms with Crippen LogP contribution in [0.15, 0.2) is 122 Å². The predicted molar refractivity (Wildman–Crippen MR) is 325 cm³/mol. The van der Waals surface area contributed by atoms with Crippen LogP contribution in [0.1, 0.15) is 278 Å². The molecule has 0 saturated heterocycles. The summed E-state index contributed by atoms with van der Waals surface area (Å²) >= 11 is 0. The summed E-state index contributed by atoms with van der Waals surface area (Å²) in [7, 11) is 0. The highest BCUT2D eigenvalue weighted by molar-refractivity contribution is 5.72. The van der Waals surface area contributed by atoms with Gasteiger partial charge in [0.2, 0.25) is 0 Å². The molecule has 1 atom stereocenters. The number of carbonyl (C=O) groups is 3. The molecule has 0 bridgehead atoms. The van der Waals surface area contributed by atoms with Crippen LogP contribution in [0.4, 0.5) is 0 Å². The van der Waals surface area contributed by atoms with Crippen LogP contribution in [0.5, 0.6) is 0 Å². The third kappa shape index (κ3) is 60.6. The Labute approximate surface area is 462 Å². The van der Waals surface area contributed by atoms with Crippen LogP contribution in [0.25, 0.3) is 0 Å². The van der Waals surface area contributed by atoms with Gasteiger partial charge in [-0.05, 0) is 109 Å². The number of unbranched alkanes of at least 4 members (excludes halogenated alkanes) is 25. The fourth-order valence-corrected chi connectivity index (χ4v) is 8.38. The molecule has 0 aliphatic carbocycles. The van der Waals surface area contributed by atoms with Crippen molar-refractivity contribution in [1.82, 2.24) is 0 Å². The molecule has 0 amide bonds. The maximum absolute atomic E-state index is 12.9. The summed E-state index contributed by atoms with van der Waals surface area (Å²) in [6, 6.07) is 0. The molecule has 6 heteroatoms. The number of esters is 3. The lowest BCUT2D eigenvalue weighted by Gasteiger charge is -2.18. The molecule has 0 saturated carbocycles. The van der Waals surface area contributed by atoms with Crippen molar-refractivity contribution in [3.05, 3.63) is 122 Å². The average molecular weight is 1040 g/mol. The van der Waals surface area contributed by atoms with Gasteiger partial charge in [0.15, 0.2) is 6.10 Å². The molecule has 0 aromatic rings. The Balaban J connectivity index is 4.41. The molecule has 0 aromatic heterocycles. The standard InChI is InChI=1S/C69H114O6/c1-4-7-10-13-16-19-22-25-28-30-31-32-33-34-35-36-37-39-41-44-47-50-53-56-59-62-68(71)74-65-66(64-73-67(70)61-58-55-52-49-46-43-40-27-24-21-18-15-12-9-6-3)75-69(72)63-60-57-54-51-48-45-42-38-29-26-23-20-17-14-11-8-5-2/h8-9,11-12,17-18,20-22,25-27,29-31,40,46,49,55,58,66H,4-7,10,13-16,19,23-24,28,32-39,41-45,47-48,50-54,56-57,59-65H2,1-3H3/b11-8-,12-9-,20-17-,21-18-,25-22-,29-26-,31-30-,40-27-,49-46-,58-55-. The Morgan fingerprint density at radius 3 is 0.933 bits per heavy atom. The van der Waals surface area contributed by atoms with E-state index in [-0.39, 0.29) is 31.6 Å². The highest BCUT2D eigenvalue weighted by Gasteiger charge is 2.19. The molecule has 0 aromatic carbocycles. The minimum Gasteiger partial charge on any atom is -0.462 e. The van der Waals surface area contributed by atoms with Gasteiger partial charge in [0.05, 0.1) is 6.42 Å². The van der Waals surface area contributed by atoms with E-state index in [2.05, 4.69) is 130 Å². The molecule has 0 radical (unpaired) electrons. The predicted octanol–water partition coefficient (Wildman–Crippen LogP) is 21.2. The number of hydrogen-bond donors (Lipinski definition) is 0.